The van der Waals surface area contributed by atoms with Crippen LogP contribution in [0.3, 0.4) is 0 Å². The van der Waals surface area contributed by atoms with Crippen LogP contribution in [0.1, 0.15) is 19.8 Å². The van der Waals surface area contributed by atoms with Gasteiger partial charge in [0.2, 0.25) is 12.4 Å². The molecule has 0 saturated heterocycles. The number of rotatable bonds is 8. The van der Waals surface area contributed by atoms with Gasteiger partial charge in [-0.05, 0) is 11.1 Å². The number of hydrogen-bond donors (Lipinski definition) is 0. The maximum absolute atomic E-state index is 5.02. The molecule has 2 nitrogen and oxygen atoms in total. The molecule has 5 aromatic rings. The van der Waals surface area contributed by atoms with Crippen LogP contribution in [-0.4, -0.2) is 13.3 Å². The van der Waals surface area contributed by atoms with Crippen LogP contribution in [0.4, 0.5) is 0 Å². The fraction of sp³-hybridized carbons (Fsp3) is 0.147. The van der Waals surface area contributed by atoms with Crippen molar-refractivity contribution in [2.75, 3.05) is 7.11 Å². The summed E-state index contributed by atoms with van der Waals surface area (Å²) in [6.45, 7) is 2.28. The molecule has 5 rings (SSSR count). The van der Waals surface area contributed by atoms with E-state index in [-0.39, 0.29) is 0 Å². The van der Waals surface area contributed by atoms with Gasteiger partial charge < -0.3 is 0 Å². The lowest BCUT2D eigenvalue weighted by Gasteiger charge is -2.43. The van der Waals surface area contributed by atoms with Gasteiger partial charge in [0.25, 0.3) is 0 Å². The van der Waals surface area contributed by atoms with Gasteiger partial charge in [0.15, 0.2) is 0 Å². The van der Waals surface area contributed by atoms with E-state index in [1.165, 1.54) is 46.7 Å². The molecule has 0 amide bonds. The molecule has 0 unspecified atom stereocenters. The van der Waals surface area contributed by atoms with Gasteiger partial charge in [-0.3, -0.25) is 4.84 Å². The van der Waals surface area contributed by atoms with E-state index >= 15 is 0 Å². The van der Waals surface area contributed by atoms with E-state index in [1.807, 2.05) is 42.7 Å². The molecule has 37 heavy (non-hydrogen) atoms. The summed E-state index contributed by atoms with van der Waals surface area (Å²) < 4.78 is 1.66. The topological polar surface area (TPSA) is 13.1 Å². The molecule has 0 radical (unpaired) electrons. The van der Waals surface area contributed by atoms with Crippen molar-refractivity contribution in [2.45, 2.75) is 26.1 Å². The predicted molar refractivity (Wildman–Crippen MR) is 158 cm³/mol. The highest BCUT2D eigenvalue weighted by molar-refractivity contribution is 7.11. The lowest BCUT2D eigenvalue weighted by molar-refractivity contribution is -0.885. The molecule has 1 heterocycles. The van der Waals surface area contributed by atoms with Crippen molar-refractivity contribution in [3.8, 4) is 11.1 Å². The van der Waals surface area contributed by atoms with Gasteiger partial charge in [0, 0.05) is 16.9 Å². The predicted octanol–water partition coefficient (Wildman–Crippen LogP) is 5.66. The molecule has 4 aromatic carbocycles. The lowest BCUT2D eigenvalue weighted by Crippen LogP contribution is -2.66. The number of unbranched alkanes of at least 4 members (excludes halogenated alkanes) is 1. The average Bonchev–Trinajstić information content (AvgIpc) is 3.00. The van der Waals surface area contributed by atoms with Crippen LogP contribution in [0.15, 0.2) is 146 Å². The second-order valence-electron chi connectivity index (χ2n) is 9.41. The van der Waals surface area contributed by atoms with Crippen LogP contribution in [0.5, 0.6) is 0 Å². The van der Waals surface area contributed by atoms with Gasteiger partial charge in [-0.15, -0.1) is 0 Å². The first-order valence-corrected chi connectivity index (χ1v) is 13.2. The third-order valence-corrected chi connectivity index (χ3v) is 7.22. The Hall–Kier alpha value is -4.11. The Bertz CT molecular complexity index is 1210. The Labute approximate surface area is 222 Å². The van der Waals surface area contributed by atoms with Crippen LogP contribution < -0.4 is 26.0 Å². The van der Waals surface area contributed by atoms with Crippen LogP contribution in [0.2, 0.25) is 6.32 Å². The first-order valence-electron chi connectivity index (χ1n) is 13.2. The maximum Gasteiger partial charge on any atom is 0.223 e. The molecule has 0 atom stereocenters. The van der Waals surface area contributed by atoms with E-state index in [9.17, 15) is 0 Å². The number of nitrogens with zero attached hydrogens (tertiary/aromatic N) is 1. The van der Waals surface area contributed by atoms with Gasteiger partial charge in [0.05, 0.1) is 6.15 Å². The third kappa shape index (κ3) is 6.37. The molecule has 1 aromatic heterocycles. The van der Waals surface area contributed by atoms with Crippen molar-refractivity contribution in [2.24, 2.45) is 0 Å². The Morgan fingerprint density at radius 1 is 0.541 bits per heavy atom. The zero-order chi connectivity index (χ0) is 25.8. The fourth-order valence-corrected chi connectivity index (χ4v) is 5.29. The summed E-state index contributed by atoms with van der Waals surface area (Å²) in [7, 11) is 1.64. The summed E-state index contributed by atoms with van der Waals surface area (Å²) in [4.78, 5) is 5.02. The standard InChI is InChI=1S/C22H24B.C12H12NO/c1-2-3-19-23(20-13-7-4-8-14-20,21-15-9-5-10-16-21)22-17-11-6-12-18-22;1-14-13-9-7-12(8-10-13)11-5-3-2-4-6-11/h4-18H,2-3,19H2,1H3;2-10H,1H3/q-1;+1. The Kier molecular flexibility index (Phi) is 9.32. The minimum absolute atomic E-state index is 0.913. The highest BCUT2D eigenvalue weighted by Crippen LogP contribution is 2.17. The molecule has 0 saturated carbocycles. The molecule has 0 bridgehead atoms. The number of benzene rings is 4. The van der Waals surface area contributed by atoms with E-state index in [0.29, 0.717) is 0 Å². The quantitative estimate of drug-likeness (QED) is 0.204. The monoisotopic (exact) mass is 485 g/mol. The minimum atomic E-state index is -0.913. The zero-order valence-electron chi connectivity index (χ0n) is 21.9. The highest BCUT2D eigenvalue weighted by atomic mass is 16.6. The zero-order valence-corrected chi connectivity index (χ0v) is 21.9. The van der Waals surface area contributed by atoms with E-state index in [4.69, 9.17) is 4.84 Å². The smallest absolute Gasteiger partial charge is 0.223 e. The van der Waals surface area contributed by atoms with Crippen LogP contribution in [0, 0.1) is 0 Å². The van der Waals surface area contributed by atoms with Crippen molar-refractivity contribution in [1.29, 1.82) is 0 Å². The number of hydrogen-bond acceptors (Lipinski definition) is 1. The largest absolute Gasteiger partial charge is 0.275 e. The average molecular weight is 485 g/mol. The molecule has 3 heteroatoms. The van der Waals surface area contributed by atoms with Crippen LogP contribution in [-0.2, 0) is 0 Å². The van der Waals surface area contributed by atoms with Gasteiger partial charge in [-0.25, -0.2) is 0 Å². The van der Waals surface area contributed by atoms with E-state index in [1.54, 1.807) is 11.8 Å². The fourth-order valence-electron chi connectivity index (χ4n) is 5.29. The second-order valence-corrected chi connectivity index (χ2v) is 9.41. The molecule has 0 N–H and O–H groups in total. The van der Waals surface area contributed by atoms with Crippen molar-refractivity contribution in [3.05, 3.63) is 146 Å². The molecule has 0 fully saturated rings. The SMILES string of the molecule is CCCC[B-](c1ccccc1)(c1ccccc1)c1ccccc1.CO[n+]1ccc(-c2ccccc2)cc1. The van der Waals surface area contributed by atoms with Crippen molar-refractivity contribution >= 4 is 22.5 Å². The van der Waals surface area contributed by atoms with E-state index in [0.717, 1.165) is 0 Å². The summed E-state index contributed by atoms with van der Waals surface area (Å²) in [6, 6.07) is 47.5. The molecule has 0 spiro atoms. The second kappa shape index (κ2) is 13.3. The van der Waals surface area contributed by atoms with Crippen LogP contribution >= 0.6 is 0 Å². The first-order chi connectivity index (χ1) is 18.3. The lowest BCUT2D eigenvalue weighted by atomic mass is 9.14. The maximum atomic E-state index is 5.02. The third-order valence-electron chi connectivity index (χ3n) is 7.22. The molecular weight excluding hydrogens is 449 g/mol. The van der Waals surface area contributed by atoms with Gasteiger partial charge in [-0.2, -0.15) is 22.7 Å². The number of pyridine rings is 1. The number of aromatic nitrogens is 1. The first kappa shape index (κ1) is 26.0. The summed E-state index contributed by atoms with van der Waals surface area (Å²) in [5.74, 6) is 0. The molecule has 0 aliphatic rings. The van der Waals surface area contributed by atoms with Crippen molar-refractivity contribution < 1.29 is 9.57 Å². The van der Waals surface area contributed by atoms with Crippen LogP contribution in [0.25, 0.3) is 11.1 Å². The van der Waals surface area contributed by atoms with Crippen molar-refractivity contribution in [3.63, 3.8) is 0 Å². The summed E-state index contributed by atoms with van der Waals surface area (Å²) in [5.41, 5.74) is 6.74. The Morgan fingerprint density at radius 3 is 1.30 bits per heavy atom. The molecule has 186 valence electrons. The van der Waals surface area contributed by atoms with Crippen molar-refractivity contribution in [1.82, 2.24) is 0 Å². The highest BCUT2D eigenvalue weighted by Gasteiger charge is 2.28. The summed E-state index contributed by atoms with van der Waals surface area (Å²) in [5, 5.41) is 0. The molecular formula is C34H36BNO. The summed E-state index contributed by atoms with van der Waals surface area (Å²) in [6.07, 6.45) is 6.51. The minimum Gasteiger partial charge on any atom is -0.275 e. The normalized spacial score (nSPS) is 10.8. The molecule has 0 aliphatic carbocycles. The van der Waals surface area contributed by atoms with Gasteiger partial charge in [-0.1, -0.05) is 141 Å². The van der Waals surface area contributed by atoms with E-state index < -0.39 is 6.15 Å². The summed E-state index contributed by atoms with van der Waals surface area (Å²) >= 11 is 0. The Balaban J connectivity index is 0.000000195. The molecule has 0 aliphatic heterocycles. The van der Waals surface area contributed by atoms with Gasteiger partial charge >= 0.3 is 0 Å². The van der Waals surface area contributed by atoms with Gasteiger partial charge in [0.1, 0.15) is 7.11 Å². The Morgan fingerprint density at radius 2 is 0.919 bits per heavy atom. The van der Waals surface area contributed by atoms with E-state index in [2.05, 4.69) is 110 Å².